The van der Waals surface area contributed by atoms with E-state index in [1.807, 2.05) is 0 Å². The second-order valence-electron chi connectivity index (χ2n) is 3.81. The van der Waals surface area contributed by atoms with Crippen LogP contribution in [0, 0.1) is 0 Å². The number of hydrogen-bond acceptors (Lipinski definition) is 1. The molecule has 1 rings (SSSR count). The van der Waals surface area contributed by atoms with Crippen molar-refractivity contribution in [3.05, 3.63) is 0 Å². The highest BCUT2D eigenvalue weighted by Gasteiger charge is 2.20. The van der Waals surface area contributed by atoms with Crippen molar-refractivity contribution in [1.29, 1.82) is 0 Å². The van der Waals surface area contributed by atoms with Gasteiger partial charge in [-0.1, -0.05) is 12.8 Å². The molecule has 0 N–H and O–H groups in total. The zero-order valence-corrected chi connectivity index (χ0v) is 8.82. The van der Waals surface area contributed by atoms with E-state index in [1.165, 1.54) is 45.1 Å². The molecule has 0 aromatic carbocycles. The van der Waals surface area contributed by atoms with E-state index < -0.39 is 0 Å². The summed E-state index contributed by atoms with van der Waals surface area (Å²) in [6.45, 7) is 1.27. The largest absolute Gasteiger partial charge is 0.303 e. The Labute approximate surface area is 81.1 Å². The Morgan fingerprint density at radius 2 is 2.00 bits per heavy atom. The summed E-state index contributed by atoms with van der Waals surface area (Å²) in [5, 5.41) is 0. The molecule has 0 aromatic heterocycles. The van der Waals surface area contributed by atoms with Crippen LogP contribution >= 0.6 is 11.6 Å². The quantitative estimate of drug-likeness (QED) is 0.459. The van der Waals surface area contributed by atoms with Gasteiger partial charge in [0, 0.05) is 11.9 Å². The molecule has 0 spiro atoms. The lowest BCUT2D eigenvalue weighted by Gasteiger charge is -2.34. The molecule has 0 aliphatic heterocycles. The highest BCUT2D eigenvalue weighted by atomic mass is 35.5. The van der Waals surface area contributed by atoms with Crippen molar-refractivity contribution in [1.82, 2.24) is 4.90 Å². The summed E-state index contributed by atoms with van der Waals surface area (Å²) in [5.74, 6) is 0.827. The maximum Gasteiger partial charge on any atom is 0.0223 e. The van der Waals surface area contributed by atoms with Crippen molar-refractivity contribution in [3.63, 3.8) is 0 Å². The third kappa shape index (κ3) is 3.32. The highest BCUT2D eigenvalue weighted by Crippen LogP contribution is 2.23. The predicted molar refractivity (Wildman–Crippen MR) is 54.8 cm³/mol. The normalized spacial score (nSPS) is 18.2. The average molecular weight is 190 g/mol. The van der Waals surface area contributed by atoms with Crippen molar-refractivity contribution < 1.29 is 0 Å². The number of alkyl halides is 1. The Kier molecular flexibility index (Phi) is 5.01. The third-order valence-electron chi connectivity index (χ3n) is 2.84. The lowest BCUT2D eigenvalue weighted by atomic mass is 9.92. The molecule has 0 saturated heterocycles. The minimum atomic E-state index is 0.827. The Bertz CT molecular complexity index is 112. The zero-order valence-electron chi connectivity index (χ0n) is 8.06. The summed E-state index contributed by atoms with van der Waals surface area (Å²) >= 11 is 5.60. The van der Waals surface area contributed by atoms with Crippen LogP contribution in [-0.4, -0.2) is 30.4 Å². The Morgan fingerprint density at radius 3 is 2.50 bits per heavy atom. The minimum Gasteiger partial charge on any atom is -0.303 e. The third-order valence-corrected chi connectivity index (χ3v) is 3.11. The lowest BCUT2D eigenvalue weighted by Crippen LogP contribution is -2.37. The van der Waals surface area contributed by atoms with Crippen molar-refractivity contribution in [2.45, 2.75) is 44.6 Å². The second-order valence-corrected chi connectivity index (χ2v) is 4.19. The van der Waals surface area contributed by atoms with Crippen LogP contribution < -0.4 is 0 Å². The Hall–Kier alpha value is 0.250. The van der Waals surface area contributed by atoms with Gasteiger partial charge in [-0.2, -0.15) is 0 Å². The zero-order chi connectivity index (χ0) is 8.81. The first-order valence-corrected chi connectivity index (χ1v) is 5.64. The molecule has 0 heterocycles. The molecule has 72 valence electrons. The maximum atomic E-state index is 5.60. The van der Waals surface area contributed by atoms with E-state index in [2.05, 4.69) is 11.9 Å². The van der Waals surface area contributed by atoms with E-state index in [-0.39, 0.29) is 0 Å². The molecule has 1 fully saturated rings. The van der Waals surface area contributed by atoms with Crippen LogP contribution in [0.5, 0.6) is 0 Å². The summed E-state index contributed by atoms with van der Waals surface area (Å²) < 4.78 is 0. The number of rotatable bonds is 6. The van der Waals surface area contributed by atoms with Gasteiger partial charge in [0.05, 0.1) is 0 Å². The smallest absolute Gasteiger partial charge is 0.0223 e. The van der Waals surface area contributed by atoms with Gasteiger partial charge in [-0.3, -0.25) is 0 Å². The molecule has 12 heavy (non-hydrogen) atoms. The monoisotopic (exact) mass is 189 g/mol. The molecule has 0 amide bonds. The van der Waals surface area contributed by atoms with Crippen LogP contribution in [0.1, 0.15) is 38.5 Å². The topological polar surface area (TPSA) is 3.24 Å². The molecular formula is C10H20ClN. The molecule has 2 heteroatoms. The fourth-order valence-electron chi connectivity index (χ4n) is 1.64. The van der Waals surface area contributed by atoms with E-state index in [0.29, 0.717) is 0 Å². The van der Waals surface area contributed by atoms with E-state index in [9.17, 15) is 0 Å². The van der Waals surface area contributed by atoms with Gasteiger partial charge in [0.2, 0.25) is 0 Å². The average Bonchev–Trinajstić information content (AvgIpc) is 1.95. The van der Waals surface area contributed by atoms with Gasteiger partial charge in [-0.15, -0.1) is 11.6 Å². The molecule has 0 atom stereocenters. The van der Waals surface area contributed by atoms with Crippen molar-refractivity contribution in [3.8, 4) is 0 Å². The van der Waals surface area contributed by atoms with Crippen LogP contribution in [0.4, 0.5) is 0 Å². The molecule has 0 radical (unpaired) electrons. The number of unbranched alkanes of at least 4 members (excludes halogenated alkanes) is 2. The molecule has 0 bridgehead atoms. The highest BCUT2D eigenvalue weighted by molar-refractivity contribution is 6.17. The number of halogens is 1. The SMILES string of the molecule is CN(CCCCCCl)C1CCC1. The number of nitrogens with zero attached hydrogens (tertiary/aromatic N) is 1. The van der Waals surface area contributed by atoms with E-state index in [4.69, 9.17) is 11.6 Å². The van der Waals surface area contributed by atoms with E-state index >= 15 is 0 Å². The fraction of sp³-hybridized carbons (Fsp3) is 1.00. The first kappa shape index (κ1) is 10.3. The summed E-state index contributed by atoms with van der Waals surface area (Å²) in [4.78, 5) is 2.51. The van der Waals surface area contributed by atoms with E-state index in [1.54, 1.807) is 0 Å². The van der Waals surface area contributed by atoms with Gasteiger partial charge in [0.25, 0.3) is 0 Å². The second kappa shape index (κ2) is 5.82. The first-order valence-electron chi connectivity index (χ1n) is 5.11. The molecule has 0 aromatic rings. The maximum absolute atomic E-state index is 5.60. The van der Waals surface area contributed by atoms with E-state index in [0.717, 1.165) is 11.9 Å². The fourth-order valence-corrected chi connectivity index (χ4v) is 1.83. The van der Waals surface area contributed by atoms with Crippen LogP contribution in [0.3, 0.4) is 0 Å². The molecule has 1 saturated carbocycles. The minimum absolute atomic E-state index is 0.827. The van der Waals surface area contributed by atoms with Gasteiger partial charge in [-0.25, -0.2) is 0 Å². The van der Waals surface area contributed by atoms with Gasteiger partial charge in [-0.05, 0) is 39.3 Å². The molecular weight excluding hydrogens is 170 g/mol. The number of hydrogen-bond donors (Lipinski definition) is 0. The molecule has 1 nitrogen and oxygen atoms in total. The standard InChI is InChI=1S/C10H20ClN/c1-12(10-6-5-7-10)9-4-2-3-8-11/h10H,2-9H2,1H3. The molecule has 1 aliphatic rings. The van der Waals surface area contributed by atoms with Crippen LogP contribution in [0.2, 0.25) is 0 Å². The van der Waals surface area contributed by atoms with Gasteiger partial charge < -0.3 is 4.90 Å². The summed E-state index contributed by atoms with van der Waals surface area (Å²) in [6.07, 6.45) is 8.08. The van der Waals surface area contributed by atoms with Gasteiger partial charge in [0.1, 0.15) is 0 Å². The van der Waals surface area contributed by atoms with Crippen LogP contribution in [-0.2, 0) is 0 Å². The lowest BCUT2D eigenvalue weighted by molar-refractivity contribution is 0.157. The first-order chi connectivity index (χ1) is 5.84. The van der Waals surface area contributed by atoms with Crippen LogP contribution in [0.25, 0.3) is 0 Å². The van der Waals surface area contributed by atoms with Crippen molar-refractivity contribution in [2.75, 3.05) is 19.5 Å². The van der Waals surface area contributed by atoms with Gasteiger partial charge in [0.15, 0.2) is 0 Å². The Balaban J connectivity index is 1.91. The summed E-state index contributed by atoms with van der Waals surface area (Å²) in [5.41, 5.74) is 0. The van der Waals surface area contributed by atoms with Gasteiger partial charge >= 0.3 is 0 Å². The van der Waals surface area contributed by atoms with Crippen LogP contribution in [0.15, 0.2) is 0 Å². The molecule has 1 aliphatic carbocycles. The summed E-state index contributed by atoms with van der Waals surface area (Å²) in [6, 6.07) is 0.904. The molecule has 0 unspecified atom stereocenters. The Morgan fingerprint density at radius 1 is 1.25 bits per heavy atom. The summed E-state index contributed by atoms with van der Waals surface area (Å²) in [7, 11) is 2.25. The van der Waals surface area contributed by atoms with Crippen molar-refractivity contribution >= 4 is 11.6 Å². The predicted octanol–water partition coefficient (Wildman–Crippen LogP) is 2.88. The van der Waals surface area contributed by atoms with Crippen molar-refractivity contribution in [2.24, 2.45) is 0 Å².